The number of piperazine rings is 1. The van der Waals surface area contributed by atoms with Gasteiger partial charge in [0.15, 0.2) is 0 Å². The highest BCUT2D eigenvalue weighted by atomic mass is 35.5. The SMILES string of the molecule is CC(Nc1ccc(Cl)cc1)C(=O)N1CCN(c2ccccc2)CC1. The van der Waals surface area contributed by atoms with E-state index in [4.69, 9.17) is 11.6 Å². The molecule has 0 bridgehead atoms. The Kier molecular flexibility index (Phi) is 5.26. The lowest BCUT2D eigenvalue weighted by atomic mass is 10.2. The van der Waals surface area contributed by atoms with Crippen molar-refractivity contribution in [2.24, 2.45) is 0 Å². The van der Waals surface area contributed by atoms with Crippen LogP contribution < -0.4 is 10.2 Å². The number of nitrogens with zero attached hydrogens (tertiary/aromatic N) is 2. The van der Waals surface area contributed by atoms with E-state index in [9.17, 15) is 4.79 Å². The Morgan fingerprint density at radius 3 is 2.25 bits per heavy atom. The molecule has 126 valence electrons. The molecule has 5 heteroatoms. The van der Waals surface area contributed by atoms with Crippen LogP contribution in [-0.2, 0) is 4.79 Å². The minimum absolute atomic E-state index is 0.137. The zero-order valence-electron chi connectivity index (χ0n) is 13.8. The van der Waals surface area contributed by atoms with Gasteiger partial charge in [-0.3, -0.25) is 4.79 Å². The number of nitrogens with one attached hydrogen (secondary N) is 1. The van der Waals surface area contributed by atoms with Crippen molar-refractivity contribution in [2.45, 2.75) is 13.0 Å². The van der Waals surface area contributed by atoms with Gasteiger partial charge in [-0.1, -0.05) is 29.8 Å². The van der Waals surface area contributed by atoms with E-state index >= 15 is 0 Å². The van der Waals surface area contributed by atoms with Crippen LogP contribution in [0.5, 0.6) is 0 Å². The number of carbonyl (C=O) groups excluding carboxylic acids is 1. The van der Waals surface area contributed by atoms with E-state index in [1.807, 2.05) is 54.3 Å². The van der Waals surface area contributed by atoms with Crippen molar-refractivity contribution in [2.75, 3.05) is 36.4 Å². The Morgan fingerprint density at radius 1 is 1.00 bits per heavy atom. The van der Waals surface area contributed by atoms with Crippen LogP contribution in [-0.4, -0.2) is 43.0 Å². The molecule has 1 heterocycles. The Bertz CT molecular complexity index is 667. The molecule has 1 atom stereocenters. The highest BCUT2D eigenvalue weighted by Crippen LogP contribution is 2.17. The first-order chi connectivity index (χ1) is 11.6. The van der Waals surface area contributed by atoms with Crippen LogP contribution in [0.15, 0.2) is 54.6 Å². The zero-order chi connectivity index (χ0) is 16.9. The van der Waals surface area contributed by atoms with Gasteiger partial charge in [0.25, 0.3) is 0 Å². The normalized spacial score (nSPS) is 15.9. The van der Waals surface area contributed by atoms with Crippen LogP contribution in [0, 0.1) is 0 Å². The van der Waals surface area contributed by atoms with E-state index in [-0.39, 0.29) is 11.9 Å². The topological polar surface area (TPSA) is 35.6 Å². The van der Waals surface area contributed by atoms with E-state index in [1.54, 1.807) is 0 Å². The third-order valence-corrected chi connectivity index (χ3v) is 4.56. The average molecular weight is 344 g/mol. The number of carbonyl (C=O) groups is 1. The molecule has 1 amide bonds. The van der Waals surface area contributed by atoms with Crippen LogP contribution in [0.4, 0.5) is 11.4 Å². The van der Waals surface area contributed by atoms with E-state index < -0.39 is 0 Å². The lowest BCUT2D eigenvalue weighted by molar-refractivity contribution is -0.131. The molecule has 4 nitrogen and oxygen atoms in total. The third kappa shape index (κ3) is 4.01. The van der Waals surface area contributed by atoms with Crippen LogP contribution in [0.25, 0.3) is 0 Å². The van der Waals surface area contributed by atoms with Crippen LogP contribution in [0.3, 0.4) is 0 Å². The highest BCUT2D eigenvalue weighted by molar-refractivity contribution is 6.30. The van der Waals surface area contributed by atoms with Gasteiger partial charge in [0.05, 0.1) is 0 Å². The fourth-order valence-electron chi connectivity index (χ4n) is 2.96. The summed E-state index contributed by atoms with van der Waals surface area (Å²) in [6.45, 7) is 5.13. The first-order valence-electron chi connectivity index (χ1n) is 8.24. The number of para-hydroxylation sites is 1. The van der Waals surface area contributed by atoms with Gasteiger partial charge in [0.2, 0.25) is 5.91 Å². The zero-order valence-corrected chi connectivity index (χ0v) is 14.5. The largest absolute Gasteiger partial charge is 0.374 e. The smallest absolute Gasteiger partial charge is 0.244 e. The molecule has 24 heavy (non-hydrogen) atoms. The van der Waals surface area contributed by atoms with Gasteiger partial charge in [0, 0.05) is 42.6 Å². The first-order valence-corrected chi connectivity index (χ1v) is 8.62. The first kappa shape index (κ1) is 16.7. The van der Waals surface area contributed by atoms with Crippen molar-refractivity contribution in [1.82, 2.24) is 4.90 Å². The molecule has 1 saturated heterocycles. The fraction of sp³-hybridized carbons (Fsp3) is 0.316. The fourth-order valence-corrected chi connectivity index (χ4v) is 3.08. The predicted molar refractivity (Wildman–Crippen MR) is 99.8 cm³/mol. The van der Waals surface area contributed by atoms with Crippen molar-refractivity contribution in [3.63, 3.8) is 0 Å². The van der Waals surface area contributed by atoms with Crippen molar-refractivity contribution < 1.29 is 4.79 Å². The molecule has 0 aromatic heterocycles. The quantitative estimate of drug-likeness (QED) is 0.923. The van der Waals surface area contributed by atoms with Gasteiger partial charge >= 0.3 is 0 Å². The molecule has 1 unspecified atom stereocenters. The Morgan fingerprint density at radius 2 is 1.62 bits per heavy atom. The summed E-state index contributed by atoms with van der Waals surface area (Å²) >= 11 is 5.89. The summed E-state index contributed by atoms with van der Waals surface area (Å²) in [5.74, 6) is 0.137. The van der Waals surface area contributed by atoms with Crippen molar-refractivity contribution in [3.8, 4) is 0 Å². The van der Waals surface area contributed by atoms with E-state index in [0.717, 1.165) is 31.9 Å². The Balaban J connectivity index is 1.53. The molecule has 2 aromatic rings. The van der Waals surface area contributed by atoms with E-state index in [0.29, 0.717) is 5.02 Å². The summed E-state index contributed by atoms with van der Waals surface area (Å²) < 4.78 is 0. The maximum Gasteiger partial charge on any atom is 0.244 e. The molecule has 2 aromatic carbocycles. The molecule has 1 N–H and O–H groups in total. The second kappa shape index (κ2) is 7.58. The molecule has 0 aliphatic carbocycles. The lowest BCUT2D eigenvalue weighted by Crippen LogP contribution is -2.52. The molecular formula is C19H22ClN3O. The standard InChI is InChI=1S/C19H22ClN3O/c1-15(21-17-9-7-16(20)8-10-17)19(24)23-13-11-22(12-14-23)18-5-3-2-4-6-18/h2-10,15,21H,11-14H2,1H3. The number of rotatable bonds is 4. The lowest BCUT2D eigenvalue weighted by Gasteiger charge is -2.37. The molecular weight excluding hydrogens is 322 g/mol. The molecule has 1 aliphatic rings. The molecule has 1 aliphatic heterocycles. The minimum Gasteiger partial charge on any atom is -0.374 e. The van der Waals surface area contributed by atoms with E-state index in [1.165, 1.54) is 5.69 Å². The summed E-state index contributed by atoms with van der Waals surface area (Å²) in [6.07, 6.45) is 0. The van der Waals surface area contributed by atoms with Crippen molar-refractivity contribution >= 4 is 28.9 Å². The minimum atomic E-state index is -0.255. The monoisotopic (exact) mass is 343 g/mol. The van der Waals surface area contributed by atoms with Gasteiger partial charge in [-0.2, -0.15) is 0 Å². The van der Waals surface area contributed by atoms with Crippen LogP contribution >= 0.6 is 11.6 Å². The maximum absolute atomic E-state index is 12.6. The number of benzene rings is 2. The molecule has 1 fully saturated rings. The summed E-state index contributed by atoms with van der Waals surface area (Å²) in [5.41, 5.74) is 2.13. The van der Waals surface area contributed by atoms with Crippen molar-refractivity contribution in [1.29, 1.82) is 0 Å². The summed E-state index contributed by atoms with van der Waals surface area (Å²) in [7, 11) is 0. The Labute approximate surface area is 148 Å². The third-order valence-electron chi connectivity index (χ3n) is 4.31. The molecule has 0 radical (unpaired) electrons. The summed E-state index contributed by atoms with van der Waals surface area (Å²) in [6, 6.07) is 17.5. The number of hydrogen-bond donors (Lipinski definition) is 1. The van der Waals surface area contributed by atoms with Gasteiger partial charge in [-0.05, 0) is 43.3 Å². The predicted octanol–water partition coefficient (Wildman–Crippen LogP) is 3.49. The number of halogens is 1. The number of anilines is 2. The van der Waals surface area contributed by atoms with Crippen LogP contribution in [0.2, 0.25) is 5.02 Å². The van der Waals surface area contributed by atoms with E-state index in [2.05, 4.69) is 22.3 Å². The average Bonchev–Trinajstić information content (AvgIpc) is 2.64. The van der Waals surface area contributed by atoms with Gasteiger partial charge < -0.3 is 15.1 Å². The number of hydrogen-bond acceptors (Lipinski definition) is 3. The molecule has 3 rings (SSSR count). The second-order valence-electron chi connectivity index (χ2n) is 6.02. The Hall–Kier alpha value is -2.20. The van der Waals surface area contributed by atoms with Gasteiger partial charge in [-0.25, -0.2) is 0 Å². The van der Waals surface area contributed by atoms with Gasteiger partial charge in [0.1, 0.15) is 6.04 Å². The second-order valence-corrected chi connectivity index (χ2v) is 6.46. The molecule has 0 saturated carbocycles. The maximum atomic E-state index is 12.6. The van der Waals surface area contributed by atoms with Crippen molar-refractivity contribution in [3.05, 3.63) is 59.6 Å². The summed E-state index contributed by atoms with van der Waals surface area (Å²) in [5, 5.41) is 3.94. The summed E-state index contributed by atoms with van der Waals surface area (Å²) in [4.78, 5) is 16.9. The van der Waals surface area contributed by atoms with Crippen LogP contribution in [0.1, 0.15) is 6.92 Å². The molecule has 0 spiro atoms. The highest BCUT2D eigenvalue weighted by Gasteiger charge is 2.24. The number of amides is 1. The van der Waals surface area contributed by atoms with Gasteiger partial charge in [-0.15, -0.1) is 0 Å².